The van der Waals surface area contributed by atoms with Crippen molar-refractivity contribution in [2.24, 2.45) is 5.41 Å². The lowest BCUT2D eigenvalue weighted by molar-refractivity contribution is 0.379. The van der Waals surface area contributed by atoms with Crippen LogP contribution in [0.15, 0.2) is 24.4 Å². The zero-order valence-corrected chi connectivity index (χ0v) is 10.7. The van der Waals surface area contributed by atoms with Crippen molar-refractivity contribution in [1.29, 1.82) is 0 Å². The molecule has 0 radical (unpaired) electrons. The van der Waals surface area contributed by atoms with E-state index >= 15 is 0 Å². The Kier molecular flexibility index (Phi) is 2.79. The van der Waals surface area contributed by atoms with Gasteiger partial charge in [0.15, 0.2) is 0 Å². The number of H-pyrrole nitrogens is 1. The lowest BCUT2D eigenvalue weighted by Crippen LogP contribution is -2.06. The first-order chi connectivity index (χ1) is 7.46. The van der Waals surface area contributed by atoms with Gasteiger partial charge in [-0.2, -0.15) is 0 Å². The molecule has 2 rings (SSSR count). The summed E-state index contributed by atoms with van der Waals surface area (Å²) in [6, 6.07) is 6.61. The molecule has 0 aliphatic rings. The minimum absolute atomic E-state index is 0.410. The molecule has 16 heavy (non-hydrogen) atoms. The van der Waals surface area contributed by atoms with Crippen molar-refractivity contribution in [3.05, 3.63) is 35.5 Å². The third-order valence-corrected chi connectivity index (χ3v) is 3.07. The lowest BCUT2D eigenvalue weighted by atomic mass is 9.88. The van der Waals surface area contributed by atoms with Crippen LogP contribution in [0.25, 0.3) is 10.9 Å². The summed E-state index contributed by atoms with van der Waals surface area (Å²) in [7, 11) is 0. The van der Waals surface area contributed by atoms with Gasteiger partial charge in [0, 0.05) is 17.1 Å². The molecule has 1 N–H and O–H groups in total. The molecule has 1 heterocycles. The second-order valence-corrected chi connectivity index (χ2v) is 5.92. The molecule has 0 saturated heterocycles. The Bertz CT molecular complexity index is 486. The number of aromatic amines is 1. The molecule has 0 bridgehead atoms. The molecular weight excluding hydrogens is 194 g/mol. The van der Waals surface area contributed by atoms with Crippen LogP contribution in [0.1, 0.15) is 38.3 Å². The van der Waals surface area contributed by atoms with E-state index in [1.165, 1.54) is 28.5 Å². The van der Waals surface area contributed by atoms with Crippen LogP contribution in [0, 0.1) is 12.3 Å². The van der Waals surface area contributed by atoms with Gasteiger partial charge in [-0.3, -0.25) is 0 Å². The highest BCUT2D eigenvalue weighted by Gasteiger charge is 2.12. The van der Waals surface area contributed by atoms with Gasteiger partial charge in [-0.15, -0.1) is 0 Å². The van der Waals surface area contributed by atoms with Crippen molar-refractivity contribution in [2.75, 3.05) is 0 Å². The van der Waals surface area contributed by atoms with E-state index in [1.54, 1.807) is 0 Å². The normalized spacial score (nSPS) is 12.2. The summed E-state index contributed by atoms with van der Waals surface area (Å²) >= 11 is 0. The van der Waals surface area contributed by atoms with E-state index in [1.807, 2.05) is 0 Å². The molecule has 1 aromatic carbocycles. The number of hydrogen-bond acceptors (Lipinski definition) is 0. The molecule has 0 atom stereocenters. The van der Waals surface area contributed by atoms with Gasteiger partial charge in [0.05, 0.1) is 0 Å². The van der Waals surface area contributed by atoms with Gasteiger partial charge in [-0.05, 0) is 42.9 Å². The molecule has 0 aliphatic carbocycles. The predicted molar refractivity (Wildman–Crippen MR) is 70.8 cm³/mol. The molecule has 1 heteroatoms. The molecule has 1 aromatic heterocycles. The van der Waals surface area contributed by atoms with Crippen LogP contribution in [0.3, 0.4) is 0 Å². The van der Waals surface area contributed by atoms with Crippen molar-refractivity contribution < 1.29 is 0 Å². The molecule has 0 unspecified atom stereocenters. The van der Waals surface area contributed by atoms with Crippen molar-refractivity contribution in [3.8, 4) is 0 Å². The third-order valence-electron chi connectivity index (χ3n) is 3.07. The Morgan fingerprint density at radius 2 is 1.94 bits per heavy atom. The van der Waals surface area contributed by atoms with Gasteiger partial charge in [0.25, 0.3) is 0 Å². The first-order valence-corrected chi connectivity index (χ1v) is 6.02. The Labute approximate surface area is 97.9 Å². The summed E-state index contributed by atoms with van der Waals surface area (Å²) in [6.07, 6.45) is 4.55. The molecule has 0 amide bonds. The van der Waals surface area contributed by atoms with Crippen molar-refractivity contribution in [1.82, 2.24) is 4.98 Å². The Morgan fingerprint density at radius 1 is 1.19 bits per heavy atom. The van der Waals surface area contributed by atoms with E-state index in [9.17, 15) is 0 Å². The van der Waals surface area contributed by atoms with Gasteiger partial charge in [0.1, 0.15) is 0 Å². The minimum Gasteiger partial charge on any atom is -0.361 e. The summed E-state index contributed by atoms with van der Waals surface area (Å²) in [5.41, 5.74) is 4.46. The second kappa shape index (κ2) is 3.97. The largest absolute Gasteiger partial charge is 0.361 e. The first-order valence-electron chi connectivity index (χ1n) is 6.02. The monoisotopic (exact) mass is 215 g/mol. The fraction of sp³-hybridized carbons (Fsp3) is 0.467. The Balaban J connectivity index is 2.28. The number of fused-ring (bicyclic) bond motifs is 1. The van der Waals surface area contributed by atoms with Crippen LogP contribution in [-0.4, -0.2) is 4.98 Å². The second-order valence-electron chi connectivity index (χ2n) is 5.92. The SMILES string of the molecule is Cc1ccc2[nH]cc(CCC(C)(C)C)c2c1. The van der Waals surface area contributed by atoms with Crippen LogP contribution in [0.4, 0.5) is 0 Å². The molecule has 0 saturated carbocycles. The first kappa shape index (κ1) is 11.3. The number of aromatic nitrogens is 1. The minimum atomic E-state index is 0.410. The van der Waals surface area contributed by atoms with E-state index < -0.39 is 0 Å². The lowest BCUT2D eigenvalue weighted by Gasteiger charge is -2.17. The van der Waals surface area contributed by atoms with Crippen molar-refractivity contribution >= 4 is 10.9 Å². The average Bonchev–Trinajstić information content (AvgIpc) is 2.56. The number of rotatable bonds is 2. The number of hydrogen-bond donors (Lipinski definition) is 1. The molecule has 0 aliphatic heterocycles. The van der Waals surface area contributed by atoms with Gasteiger partial charge in [0.2, 0.25) is 0 Å². The quantitative estimate of drug-likeness (QED) is 0.761. The number of nitrogens with one attached hydrogen (secondary N) is 1. The number of aryl methyl sites for hydroxylation is 2. The molecule has 1 nitrogen and oxygen atoms in total. The van der Waals surface area contributed by atoms with Gasteiger partial charge < -0.3 is 4.98 Å². The summed E-state index contributed by atoms with van der Waals surface area (Å²) in [5.74, 6) is 0. The maximum Gasteiger partial charge on any atom is 0.0456 e. The zero-order valence-electron chi connectivity index (χ0n) is 10.7. The van der Waals surface area contributed by atoms with Crippen LogP contribution >= 0.6 is 0 Å². The van der Waals surface area contributed by atoms with E-state index in [0.29, 0.717) is 5.41 Å². The van der Waals surface area contributed by atoms with E-state index in [-0.39, 0.29) is 0 Å². The predicted octanol–water partition coefficient (Wildman–Crippen LogP) is 4.46. The molecule has 0 fully saturated rings. The summed E-state index contributed by atoms with van der Waals surface area (Å²) < 4.78 is 0. The molecule has 2 aromatic rings. The van der Waals surface area contributed by atoms with Crippen LogP contribution in [-0.2, 0) is 6.42 Å². The number of benzene rings is 1. The highest BCUT2D eigenvalue weighted by Crippen LogP contribution is 2.26. The fourth-order valence-electron chi connectivity index (χ4n) is 2.01. The highest BCUT2D eigenvalue weighted by atomic mass is 14.7. The average molecular weight is 215 g/mol. The van der Waals surface area contributed by atoms with Crippen LogP contribution < -0.4 is 0 Å². The van der Waals surface area contributed by atoms with E-state index in [0.717, 1.165) is 6.42 Å². The van der Waals surface area contributed by atoms with E-state index in [2.05, 4.69) is 57.1 Å². The maximum atomic E-state index is 3.35. The van der Waals surface area contributed by atoms with E-state index in [4.69, 9.17) is 0 Å². The topological polar surface area (TPSA) is 15.8 Å². The zero-order chi connectivity index (χ0) is 11.8. The molecular formula is C15H21N. The summed E-state index contributed by atoms with van der Waals surface area (Å²) in [5, 5.41) is 1.39. The fourth-order valence-corrected chi connectivity index (χ4v) is 2.01. The standard InChI is InChI=1S/C15H21N/c1-11-5-6-14-13(9-11)12(10-16-14)7-8-15(2,3)4/h5-6,9-10,16H,7-8H2,1-4H3. The summed E-state index contributed by atoms with van der Waals surface area (Å²) in [6.45, 7) is 9.05. The third kappa shape index (κ3) is 2.46. The molecule has 0 spiro atoms. The van der Waals surface area contributed by atoms with Gasteiger partial charge in [-0.1, -0.05) is 32.4 Å². The highest BCUT2D eigenvalue weighted by molar-refractivity contribution is 5.83. The summed E-state index contributed by atoms with van der Waals surface area (Å²) in [4.78, 5) is 3.35. The van der Waals surface area contributed by atoms with Crippen LogP contribution in [0.2, 0.25) is 0 Å². The smallest absolute Gasteiger partial charge is 0.0456 e. The van der Waals surface area contributed by atoms with Gasteiger partial charge >= 0.3 is 0 Å². The molecule has 86 valence electrons. The van der Waals surface area contributed by atoms with Crippen molar-refractivity contribution in [2.45, 2.75) is 40.5 Å². The van der Waals surface area contributed by atoms with Crippen LogP contribution in [0.5, 0.6) is 0 Å². The van der Waals surface area contributed by atoms with Gasteiger partial charge in [-0.25, -0.2) is 0 Å². The maximum absolute atomic E-state index is 3.35. The Morgan fingerprint density at radius 3 is 2.62 bits per heavy atom. The Hall–Kier alpha value is -1.24. The van der Waals surface area contributed by atoms with Crippen molar-refractivity contribution in [3.63, 3.8) is 0 Å².